The summed E-state index contributed by atoms with van der Waals surface area (Å²) in [6, 6.07) is 16.9. The first-order chi connectivity index (χ1) is 8.83. The average molecular weight is 237 g/mol. The van der Waals surface area contributed by atoms with Crippen molar-refractivity contribution in [2.45, 2.75) is 0 Å². The second-order valence-corrected chi connectivity index (χ2v) is 3.69. The van der Waals surface area contributed by atoms with Crippen LogP contribution in [0.5, 0.6) is 5.75 Å². The zero-order valence-electron chi connectivity index (χ0n) is 9.67. The van der Waals surface area contributed by atoms with Crippen molar-refractivity contribution in [1.82, 2.24) is 0 Å². The van der Waals surface area contributed by atoms with Crippen molar-refractivity contribution in [2.75, 3.05) is 6.61 Å². The minimum Gasteiger partial charge on any atom is -0.486 e. The normalized spacial score (nSPS) is 9.50. The molecule has 2 aromatic carbocycles. The molecule has 0 unspecified atom stereocenters. The maximum absolute atomic E-state index is 10.2. The summed E-state index contributed by atoms with van der Waals surface area (Å²) < 4.78 is 5.17. The highest BCUT2D eigenvalue weighted by atomic mass is 16.5. The van der Waals surface area contributed by atoms with Crippen molar-refractivity contribution in [1.29, 1.82) is 5.26 Å². The number of carbonyl (C=O) groups is 1. The lowest BCUT2D eigenvalue weighted by atomic mass is 10.0. The summed E-state index contributed by atoms with van der Waals surface area (Å²) in [6.07, 6.45) is 0.717. The molecule has 0 saturated carbocycles. The molecule has 0 aliphatic carbocycles. The fraction of sp³-hybridized carbons (Fsp3) is 0.0667. The van der Waals surface area contributed by atoms with E-state index in [4.69, 9.17) is 10.00 Å². The van der Waals surface area contributed by atoms with Crippen molar-refractivity contribution in [3.05, 3.63) is 54.1 Å². The van der Waals surface area contributed by atoms with Crippen LogP contribution in [-0.4, -0.2) is 12.9 Å². The Labute approximate surface area is 105 Å². The maximum atomic E-state index is 10.2. The van der Waals surface area contributed by atoms with Crippen molar-refractivity contribution >= 4 is 6.29 Å². The quantitative estimate of drug-likeness (QED) is 0.768. The molecule has 0 atom stereocenters. The lowest BCUT2D eigenvalue weighted by Crippen LogP contribution is -1.97. The zero-order valence-corrected chi connectivity index (χ0v) is 9.67. The van der Waals surface area contributed by atoms with E-state index in [0.29, 0.717) is 17.6 Å². The fourth-order valence-corrected chi connectivity index (χ4v) is 1.61. The van der Waals surface area contributed by atoms with E-state index in [2.05, 4.69) is 6.07 Å². The highest BCUT2D eigenvalue weighted by molar-refractivity contribution is 5.65. The number of ether oxygens (including phenoxy) is 1. The summed E-state index contributed by atoms with van der Waals surface area (Å²) >= 11 is 0. The third kappa shape index (κ3) is 2.74. The molecule has 0 heterocycles. The molecule has 0 bridgehead atoms. The molecule has 88 valence electrons. The van der Waals surface area contributed by atoms with Crippen LogP contribution in [0.1, 0.15) is 5.56 Å². The SMILES string of the molecule is N#Cc1ccc(-c2ccc(OCC=O)cc2)cc1. The Morgan fingerprint density at radius 1 is 1.00 bits per heavy atom. The van der Waals surface area contributed by atoms with Crippen LogP contribution in [-0.2, 0) is 4.79 Å². The van der Waals surface area contributed by atoms with E-state index in [1.54, 1.807) is 12.1 Å². The van der Waals surface area contributed by atoms with Crippen LogP contribution in [0.15, 0.2) is 48.5 Å². The molecule has 2 rings (SSSR count). The Balaban J connectivity index is 2.18. The van der Waals surface area contributed by atoms with Crippen molar-refractivity contribution < 1.29 is 9.53 Å². The van der Waals surface area contributed by atoms with Crippen LogP contribution >= 0.6 is 0 Å². The lowest BCUT2D eigenvalue weighted by molar-refractivity contribution is -0.109. The zero-order chi connectivity index (χ0) is 12.8. The van der Waals surface area contributed by atoms with Gasteiger partial charge in [0.15, 0.2) is 6.29 Å². The van der Waals surface area contributed by atoms with Gasteiger partial charge in [-0.25, -0.2) is 0 Å². The molecule has 0 fully saturated rings. The second kappa shape index (κ2) is 5.65. The third-order valence-electron chi connectivity index (χ3n) is 2.52. The Morgan fingerprint density at radius 2 is 1.56 bits per heavy atom. The van der Waals surface area contributed by atoms with Gasteiger partial charge in [0.1, 0.15) is 12.4 Å². The Kier molecular flexibility index (Phi) is 3.72. The lowest BCUT2D eigenvalue weighted by Gasteiger charge is -2.04. The van der Waals surface area contributed by atoms with E-state index >= 15 is 0 Å². The molecule has 2 aromatic rings. The maximum Gasteiger partial charge on any atom is 0.157 e. The molecule has 3 heteroatoms. The molecule has 0 amide bonds. The number of nitriles is 1. The molecule has 0 aromatic heterocycles. The van der Waals surface area contributed by atoms with Gasteiger partial charge < -0.3 is 4.74 Å². The van der Waals surface area contributed by atoms with Crippen LogP contribution in [0, 0.1) is 11.3 Å². The molecular weight excluding hydrogens is 226 g/mol. The first-order valence-corrected chi connectivity index (χ1v) is 5.50. The minimum absolute atomic E-state index is 0.0657. The van der Waals surface area contributed by atoms with E-state index < -0.39 is 0 Å². The van der Waals surface area contributed by atoms with Gasteiger partial charge in [0.2, 0.25) is 0 Å². The molecule has 0 saturated heterocycles. The second-order valence-electron chi connectivity index (χ2n) is 3.69. The smallest absolute Gasteiger partial charge is 0.157 e. The van der Waals surface area contributed by atoms with Crippen LogP contribution in [0.3, 0.4) is 0 Å². The van der Waals surface area contributed by atoms with E-state index in [1.807, 2.05) is 36.4 Å². The Morgan fingerprint density at radius 3 is 2.06 bits per heavy atom. The van der Waals surface area contributed by atoms with E-state index in [1.165, 1.54) is 0 Å². The van der Waals surface area contributed by atoms with Crippen molar-refractivity contribution in [3.63, 3.8) is 0 Å². The highest BCUT2D eigenvalue weighted by Crippen LogP contribution is 2.22. The van der Waals surface area contributed by atoms with Gasteiger partial charge in [-0.3, -0.25) is 4.79 Å². The standard InChI is InChI=1S/C15H11NO2/c16-11-12-1-3-13(4-2-12)14-5-7-15(8-6-14)18-10-9-17/h1-9H,10H2. The number of benzene rings is 2. The van der Waals surface area contributed by atoms with Gasteiger partial charge in [-0.2, -0.15) is 5.26 Å². The molecule has 0 aliphatic heterocycles. The van der Waals surface area contributed by atoms with Crippen LogP contribution in [0.4, 0.5) is 0 Å². The van der Waals surface area contributed by atoms with Gasteiger partial charge >= 0.3 is 0 Å². The Hall–Kier alpha value is -2.60. The van der Waals surface area contributed by atoms with Crippen LogP contribution < -0.4 is 4.74 Å². The topological polar surface area (TPSA) is 50.1 Å². The number of hydrogen-bond acceptors (Lipinski definition) is 3. The molecule has 18 heavy (non-hydrogen) atoms. The number of nitrogens with zero attached hydrogens (tertiary/aromatic N) is 1. The van der Waals surface area contributed by atoms with Crippen LogP contribution in [0.25, 0.3) is 11.1 Å². The van der Waals surface area contributed by atoms with E-state index in [0.717, 1.165) is 11.1 Å². The summed E-state index contributed by atoms with van der Waals surface area (Å²) in [4.78, 5) is 10.2. The highest BCUT2D eigenvalue weighted by Gasteiger charge is 1.99. The molecule has 0 aliphatic rings. The fourth-order valence-electron chi connectivity index (χ4n) is 1.61. The van der Waals surface area contributed by atoms with Gasteiger partial charge in [-0.05, 0) is 35.4 Å². The number of hydrogen-bond donors (Lipinski definition) is 0. The summed E-state index contributed by atoms with van der Waals surface area (Å²) in [5.41, 5.74) is 2.72. The molecular formula is C15H11NO2. The predicted octanol–water partition coefficient (Wildman–Crippen LogP) is 2.80. The minimum atomic E-state index is 0.0657. The van der Waals surface area contributed by atoms with Crippen LogP contribution in [0.2, 0.25) is 0 Å². The number of carbonyl (C=O) groups excluding carboxylic acids is 1. The van der Waals surface area contributed by atoms with Gasteiger partial charge in [-0.1, -0.05) is 24.3 Å². The average Bonchev–Trinajstić information content (AvgIpc) is 2.46. The van der Waals surface area contributed by atoms with Crippen molar-refractivity contribution in [2.24, 2.45) is 0 Å². The van der Waals surface area contributed by atoms with Gasteiger partial charge in [0, 0.05) is 0 Å². The summed E-state index contributed by atoms with van der Waals surface area (Å²) in [5, 5.41) is 8.72. The Bertz CT molecular complexity index is 565. The van der Waals surface area contributed by atoms with Crippen molar-refractivity contribution in [3.8, 4) is 22.9 Å². The summed E-state index contributed by atoms with van der Waals surface area (Å²) in [7, 11) is 0. The monoisotopic (exact) mass is 237 g/mol. The van der Waals surface area contributed by atoms with E-state index in [9.17, 15) is 4.79 Å². The molecule has 0 N–H and O–H groups in total. The molecule has 0 radical (unpaired) electrons. The number of rotatable bonds is 4. The van der Waals surface area contributed by atoms with Gasteiger partial charge in [0.05, 0.1) is 11.6 Å². The summed E-state index contributed by atoms with van der Waals surface area (Å²) in [5.74, 6) is 0.666. The number of aldehydes is 1. The van der Waals surface area contributed by atoms with E-state index in [-0.39, 0.29) is 6.61 Å². The molecule has 3 nitrogen and oxygen atoms in total. The largest absolute Gasteiger partial charge is 0.486 e. The van der Waals surface area contributed by atoms with Gasteiger partial charge in [-0.15, -0.1) is 0 Å². The first kappa shape index (κ1) is 11.9. The van der Waals surface area contributed by atoms with Gasteiger partial charge in [0.25, 0.3) is 0 Å². The predicted molar refractivity (Wildman–Crippen MR) is 68.2 cm³/mol. The third-order valence-corrected chi connectivity index (χ3v) is 2.52. The first-order valence-electron chi connectivity index (χ1n) is 5.50. The molecule has 0 spiro atoms. The summed E-state index contributed by atoms with van der Waals surface area (Å²) in [6.45, 7) is 0.0657.